The number of carbonyl (C=O) groups is 1. The van der Waals surface area contributed by atoms with Crippen molar-refractivity contribution in [3.05, 3.63) is 28.5 Å². The van der Waals surface area contributed by atoms with E-state index in [4.69, 9.17) is 0 Å². The Morgan fingerprint density at radius 3 is 2.94 bits per heavy atom. The third-order valence-electron chi connectivity index (χ3n) is 2.32. The van der Waals surface area contributed by atoms with Crippen LogP contribution < -0.4 is 5.32 Å². The average Bonchev–Trinajstić information content (AvgIpc) is 2.26. The summed E-state index contributed by atoms with van der Waals surface area (Å²) in [6.45, 7) is 4.16. The molecule has 1 amide bonds. The Balaban J connectivity index is 2.52. The van der Waals surface area contributed by atoms with Crippen LogP contribution in [0.4, 0.5) is 0 Å². The van der Waals surface area contributed by atoms with Crippen molar-refractivity contribution in [1.29, 1.82) is 0 Å². The van der Waals surface area contributed by atoms with Gasteiger partial charge in [-0.1, -0.05) is 25.8 Å². The Kier molecular flexibility index (Phi) is 5.46. The molecule has 16 heavy (non-hydrogen) atoms. The summed E-state index contributed by atoms with van der Waals surface area (Å²) >= 11 is 3.25. The first-order valence-corrected chi connectivity index (χ1v) is 6.36. The van der Waals surface area contributed by atoms with Crippen molar-refractivity contribution in [1.82, 2.24) is 10.3 Å². The third-order valence-corrected chi connectivity index (χ3v) is 2.76. The van der Waals surface area contributed by atoms with Gasteiger partial charge in [-0.25, -0.2) is 4.98 Å². The van der Waals surface area contributed by atoms with Crippen LogP contribution in [-0.4, -0.2) is 16.9 Å². The van der Waals surface area contributed by atoms with Gasteiger partial charge in [0.25, 0.3) is 5.91 Å². The van der Waals surface area contributed by atoms with Gasteiger partial charge >= 0.3 is 0 Å². The van der Waals surface area contributed by atoms with Gasteiger partial charge in [-0.2, -0.15) is 0 Å². The zero-order valence-electron chi connectivity index (χ0n) is 9.66. The molecule has 1 rings (SSSR count). The van der Waals surface area contributed by atoms with Crippen molar-refractivity contribution < 1.29 is 4.79 Å². The summed E-state index contributed by atoms with van der Waals surface area (Å²) in [7, 11) is 0. The molecule has 88 valence electrons. The molecule has 0 aliphatic heterocycles. The second-order valence-electron chi connectivity index (χ2n) is 3.86. The van der Waals surface area contributed by atoms with Gasteiger partial charge in [-0.3, -0.25) is 4.79 Å². The highest BCUT2D eigenvalue weighted by Crippen LogP contribution is 2.07. The molecule has 1 N–H and O–H groups in total. The molecule has 1 aromatic rings. The quantitative estimate of drug-likeness (QED) is 0.844. The number of rotatable bonds is 5. The van der Waals surface area contributed by atoms with Crippen LogP contribution in [0.1, 0.15) is 43.6 Å². The van der Waals surface area contributed by atoms with E-state index in [-0.39, 0.29) is 11.9 Å². The van der Waals surface area contributed by atoms with Crippen LogP contribution in [0.15, 0.2) is 22.8 Å². The van der Waals surface area contributed by atoms with E-state index in [1.165, 1.54) is 0 Å². The fraction of sp³-hybridized carbons (Fsp3) is 0.500. The van der Waals surface area contributed by atoms with Crippen molar-refractivity contribution in [2.75, 3.05) is 0 Å². The van der Waals surface area contributed by atoms with E-state index >= 15 is 0 Å². The molecular formula is C12H17BrN2O. The van der Waals surface area contributed by atoms with E-state index in [0.717, 1.165) is 19.3 Å². The number of amides is 1. The summed E-state index contributed by atoms with van der Waals surface area (Å²) in [5, 5.41) is 2.94. The maximum absolute atomic E-state index is 11.8. The van der Waals surface area contributed by atoms with Crippen LogP contribution in [-0.2, 0) is 0 Å². The van der Waals surface area contributed by atoms with Gasteiger partial charge in [-0.05, 0) is 41.4 Å². The molecule has 1 heterocycles. The summed E-state index contributed by atoms with van der Waals surface area (Å²) < 4.78 is 0.682. The summed E-state index contributed by atoms with van der Waals surface area (Å²) in [6, 6.07) is 5.53. The molecule has 4 heteroatoms. The SMILES string of the molecule is CCCCC(C)NC(=O)c1cccc(Br)n1. The second kappa shape index (κ2) is 6.63. The summed E-state index contributed by atoms with van der Waals surface area (Å²) in [4.78, 5) is 15.9. The van der Waals surface area contributed by atoms with Crippen molar-refractivity contribution in [3.8, 4) is 0 Å². The molecule has 0 aromatic carbocycles. The van der Waals surface area contributed by atoms with E-state index in [0.29, 0.717) is 10.3 Å². The predicted octanol–water partition coefficient (Wildman–Crippen LogP) is 3.15. The van der Waals surface area contributed by atoms with Crippen LogP contribution >= 0.6 is 15.9 Å². The van der Waals surface area contributed by atoms with E-state index in [9.17, 15) is 4.79 Å². The number of nitrogens with one attached hydrogen (secondary N) is 1. The smallest absolute Gasteiger partial charge is 0.270 e. The van der Waals surface area contributed by atoms with Crippen LogP contribution in [0.5, 0.6) is 0 Å². The largest absolute Gasteiger partial charge is 0.348 e. The van der Waals surface area contributed by atoms with E-state index in [2.05, 4.69) is 33.2 Å². The highest BCUT2D eigenvalue weighted by Gasteiger charge is 2.10. The van der Waals surface area contributed by atoms with E-state index < -0.39 is 0 Å². The van der Waals surface area contributed by atoms with Gasteiger partial charge < -0.3 is 5.32 Å². The molecule has 1 aromatic heterocycles. The Morgan fingerprint density at radius 2 is 2.31 bits per heavy atom. The van der Waals surface area contributed by atoms with Gasteiger partial charge in [0, 0.05) is 6.04 Å². The lowest BCUT2D eigenvalue weighted by Crippen LogP contribution is -2.33. The van der Waals surface area contributed by atoms with Gasteiger partial charge in [0.2, 0.25) is 0 Å². The lowest BCUT2D eigenvalue weighted by molar-refractivity contribution is 0.0933. The molecule has 1 unspecified atom stereocenters. The number of nitrogens with zero attached hydrogens (tertiary/aromatic N) is 1. The summed E-state index contributed by atoms with van der Waals surface area (Å²) in [6.07, 6.45) is 3.29. The van der Waals surface area contributed by atoms with Crippen LogP contribution in [0, 0.1) is 0 Å². The monoisotopic (exact) mass is 284 g/mol. The zero-order valence-corrected chi connectivity index (χ0v) is 11.3. The van der Waals surface area contributed by atoms with Gasteiger partial charge in [0.15, 0.2) is 0 Å². The Hall–Kier alpha value is -0.900. The topological polar surface area (TPSA) is 42.0 Å². The minimum absolute atomic E-state index is 0.107. The van der Waals surface area contributed by atoms with Gasteiger partial charge in [0.05, 0.1) is 0 Å². The minimum Gasteiger partial charge on any atom is -0.348 e. The molecule has 1 atom stereocenters. The lowest BCUT2D eigenvalue weighted by Gasteiger charge is -2.12. The molecule has 0 aliphatic rings. The summed E-state index contributed by atoms with van der Waals surface area (Å²) in [5.41, 5.74) is 0.456. The van der Waals surface area contributed by atoms with Crippen molar-refractivity contribution in [3.63, 3.8) is 0 Å². The predicted molar refractivity (Wildman–Crippen MR) is 68.4 cm³/mol. The fourth-order valence-electron chi connectivity index (χ4n) is 1.41. The fourth-order valence-corrected chi connectivity index (χ4v) is 1.76. The number of pyridine rings is 1. The van der Waals surface area contributed by atoms with Gasteiger partial charge in [0.1, 0.15) is 10.3 Å². The van der Waals surface area contributed by atoms with Crippen LogP contribution in [0.25, 0.3) is 0 Å². The number of unbranched alkanes of at least 4 members (excludes halogenated alkanes) is 1. The molecule has 0 bridgehead atoms. The highest BCUT2D eigenvalue weighted by molar-refractivity contribution is 9.10. The first kappa shape index (κ1) is 13.2. The Bertz CT molecular complexity index is 355. The van der Waals surface area contributed by atoms with E-state index in [1.807, 2.05) is 13.0 Å². The first-order chi connectivity index (χ1) is 7.63. The third kappa shape index (κ3) is 4.31. The molecule has 0 radical (unpaired) electrons. The summed E-state index contributed by atoms with van der Waals surface area (Å²) in [5.74, 6) is -0.107. The van der Waals surface area contributed by atoms with Crippen molar-refractivity contribution in [2.24, 2.45) is 0 Å². The Labute approximate surface area is 105 Å². The molecule has 0 saturated heterocycles. The number of halogens is 1. The number of hydrogen-bond acceptors (Lipinski definition) is 2. The van der Waals surface area contributed by atoms with Crippen molar-refractivity contribution >= 4 is 21.8 Å². The number of carbonyl (C=O) groups excluding carboxylic acids is 1. The standard InChI is InChI=1S/C12H17BrN2O/c1-3-4-6-9(2)14-12(16)10-7-5-8-11(13)15-10/h5,7-9H,3-4,6H2,1-2H3,(H,14,16). The molecule has 0 saturated carbocycles. The zero-order chi connectivity index (χ0) is 12.0. The van der Waals surface area contributed by atoms with Crippen LogP contribution in [0.2, 0.25) is 0 Å². The second-order valence-corrected chi connectivity index (χ2v) is 4.67. The normalized spacial score (nSPS) is 12.2. The molecule has 3 nitrogen and oxygen atoms in total. The maximum Gasteiger partial charge on any atom is 0.270 e. The minimum atomic E-state index is -0.107. The average molecular weight is 285 g/mol. The van der Waals surface area contributed by atoms with Crippen LogP contribution in [0.3, 0.4) is 0 Å². The number of hydrogen-bond donors (Lipinski definition) is 1. The first-order valence-electron chi connectivity index (χ1n) is 5.57. The number of aromatic nitrogens is 1. The Morgan fingerprint density at radius 1 is 1.56 bits per heavy atom. The van der Waals surface area contributed by atoms with E-state index in [1.54, 1.807) is 12.1 Å². The van der Waals surface area contributed by atoms with Gasteiger partial charge in [-0.15, -0.1) is 0 Å². The van der Waals surface area contributed by atoms with Crippen molar-refractivity contribution in [2.45, 2.75) is 39.2 Å². The molecule has 0 fully saturated rings. The molecule has 0 spiro atoms. The maximum atomic E-state index is 11.8. The lowest BCUT2D eigenvalue weighted by atomic mass is 10.1. The molecular weight excluding hydrogens is 268 g/mol. The molecule has 0 aliphatic carbocycles. The highest BCUT2D eigenvalue weighted by atomic mass is 79.9.